The fourth-order valence-electron chi connectivity index (χ4n) is 3.92. The zero-order valence-corrected chi connectivity index (χ0v) is 19.7. The summed E-state index contributed by atoms with van der Waals surface area (Å²) < 4.78 is 13.6. The Morgan fingerprint density at radius 2 is 1.82 bits per heavy atom. The second-order valence-corrected chi connectivity index (χ2v) is 9.07. The molecule has 6 nitrogen and oxygen atoms in total. The fourth-order valence-corrected chi connectivity index (χ4v) is 3.92. The van der Waals surface area contributed by atoms with E-state index in [-0.39, 0.29) is 0 Å². The smallest absolute Gasteiger partial charge is 0.227 e. The van der Waals surface area contributed by atoms with Gasteiger partial charge in [0.15, 0.2) is 0 Å². The Bertz CT molecular complexity index is 1070. The van der Waals surface area contributed by atoms with Crippen molar-refractivity contribution >= 4 is 0 Å². The topological polar surface area (TPSA) is 59.8 Å². The molecule has 6 heteroatoms. The summed E-state index contributed by atoms with van der Waals surface area (Å²) in [5.41, 5.74) is 1.88. The van der Waals surface area contributed by atoms with Crippen molar-refractivity contribution < 1.29 is 14.6 Å². The maximum atomic E-state index is 10.7. The number of para-hydroxylation sites is 1. The van der Waals surface area contributed by atoms with E-state index >= 15 is 0 Å². The highest BCUT2D eigenvalue weighted by atomic mass is 16.5. The van der Waals surface area contributed by atoms with Gasteiger partial charge >= 0.3 is 0 Å². The number of aliphatic hydroxyl groups is 1. The first-order valence-electron chi connectivity index (χ1n) is 11.4. The van der Waals surface area contributed by atoms with Gasteiger partial charge in [-0.05, 0) is 69.0 Å². The van der Waals surface area contributed by atoms with Gasteiger partial charge in [0.1, 0.15) is 11.5 Å². The number of nitrogens with zero attached hydrogens (tertiary/aromatic N) is 3. The first kappa shape index (κ1) is 23.1. The summed E-state index contributed by atoms with van der Waals surface area (Å²) in [7, 11) is 1.65. The molecule has 1 atom stereocenters. The standard InChI is InChI=1S/C27H33N3O3/c1-5-27(3,31)19-29(17-21-11-12-21)18-25-20(2)28-30(22-9-7-6-8-10-22)26(25)33-24-15-13-23(32-4)14-16-24/h5-10,13-16,21,31H,1,11-12,17-19H2,2-4H3/t27-/m0/s1. The van der Waals surface area contributed by atoms with E-state index in [4.69, 9.17) is 14.6 Å². The first-order chi connectivity index (χ1) is 15.9. The highest BCUT2D eigenvalue weighted by Gasteiger charge is 2.30. The van der Waals surface area contributed by atoms with E-state index in [1.54, 1.807) is 20.1 Å². The molecule has 3 aromatic rings. The third-order valence-corrected chi connectivity index (χ3v) is 5.99. The zero-order valence-electron chi connectivity index (χ0n) is 19.7. The van der Waals surface area contributed by atoms with Crippen LogP contribution in [0.3, 0.4) is 0 Å². The maximum Gasteiger partial charge on any atom is 0.227 e. The van der Waals surface area contributed by atoms with Gasteiger partial charge in [-0.3, -0.25) is 4.90 Å². The van der Waals surface area contributed by atoms with Gasteiger partial charge in [-0.25, -0.2) is 4.68 Å². The highest BCUT2D eigenvalue weighted by Crippen LogP contribution is 2.35. The van der Waals surface area contributed by atoms with Crippen molar-refractivity contribution in [3.63, 3.8) is 0 Å². The number of methoxy groups -OCH3 is 1. The fraction of sp³-hybridized carbons (Fsp3) is 0.370. The number of rotatable bonds is 11. The lowest BCUT2D eigenvalue weighted by Gasteiger charge is -2.29. The second-order valence-electron chi connectivity index (χ2n) is 9.07. The van der Waals surface area contributed by atoms with E-state index in [1.807, 2.05) is 66.2 Å². The number of ether oxygens (including phenoxy) is 2. The average molecular weight is 448 g/mol. The molecule has 1 fully saturated rings. The summed E-state index contributed by atoms with van der Waals surface area (Å²) in [6.45, 7) is 9.69. The minimum absolute atomic E-state index is 0.505. The molecule has 0 radical (unpaired) electrons. The van der Waals surface area contributed by atoms with Crippen LogP contribution in [0.25, 0.3) is 5.69 Å². The van der Waals surface area contributed by atoms with Gasteiger partial charge in [0.05, 0.1) is 29.7 Å². The molecule has 0 bridgehead atoms. The van der Waals surface area contributed by atoms with Gasteiger partial charge in [-0.2, -0.15) is 5.10 Å². The molecular formula is C27H33N3O3. The minimum Gasteiger partial charge on any atom is -0.497 e. The quantitative estimate of drug-likeness (QED) is 0.413. The Labute approximate surface area is 196 Å². The Morgan fingerprint density at radius 3 is 2.42 bits per heavy atom. The molecule has 1 N–H and O–H groups in total. The molecule has 1 aliphatic carbocycles. The zero-order chi connectivity index (χ0) is 23.4. The van der Waals surface area contributed by atoms with Gasteiger partial charge in [-0.15, -0.1) is 6.58 Å². The molecule has 4 rings (SSSR count). The number of aryl methyl sites for hydroxylation is 1. The summed E-state index contributed by atoms with van der Waals surface area (Å²) in [4.78, 5) is 2.29. The predicted octanol–water partition coefficient (Wildman–Crippen LogP) is 5.13. The van der Waals surface area contributed by atoms with Gasteiger partial charge < -0.3 is 14.6 Å². The van der Waals surface area contributed by atoms with Crippen LogP contribution in [0.5, 0.6) is 17.4 Å². The molecule has 1 aromatic heterocycles. The lowest BCUT2D eigenvalue weighted by atomic mass is 10.1. The minimum atomic E-state index is -0.963. The molecule has 1 aliphatic rings. The summed E-state index contributed by atoms with van der Waals surface area (Å²) in [6, 6.07) is 17.5. The Hall–Kier alpha value is -3.09. The third kappa shape index (κ3) is 5.83. The molecule has 0 amide bonds. The lowest BCUT2D eigenvalue weighted by Crippen LogP contribution is -2.40. The molecular weight excluding hydrogens is 414 g/mol. The Balaban J connectivity index is 1.70. The van der Waals surface area contributed by atoms with Gasteiger partial charge in [0.25, 0.3) is 0 Å². The van der Waals surface area contributed by atoms with Crippen LogP contribution in [-0.2, 0) is 6.54 Å². The predicted molar refractivity (Wildman–Crippen MR) is 130 cm³/mol. The monoisotopic (exact) mass is 447 g/mol. The largest absolute Gasteiger partial charge is 0.497 e. The van der Waals surface area contributed by atoms with Crippen LogP contribution in [0.1, 0.15) is 31.0 Å². The normalized spacial score (nSPS) is 15.3. The SMILES string of the molecule is C=C[C@](C)(O)CN(Cc1c(C)nn(-c2ccccc2)c1Oc1ccc(OC)cc1)CC1CC1. The molecule has 0 aliphatic heterocycles. The van der Waals surface area contributed by atoms with E-state index < -0.39 is 5.60 Å². The van der Waals surface area contributed by atoms with E-state index in [0.717, 1.165) is 29.2 Å². The second kappa shape index (κ2) is 9.81. The van der Waals surface area contributed by atoms with Gasteiger partial charge in [0, 0.05) is 19.6 Å². The third-order valence-electron chi connectivity index (χ3n) is 5.99. The molecule has 1 saturated carbocycles. The molecule has 1 heterocycles. The van der Waals surface area contributed by atoms with Crippen LogP contribution in [0.2, 0.25) is 0 Å². The van der Waals surface area contributed by atoms with E-state index in [1.165, 1.54) is 12.8 Å². The number of benzene rings is 2. The molecule has 0 saturated heterocycles. The first-order valence-corrected chi connectivity index (χ1v) is 11.4. The molecule has 0 spiro atoms. The summed E-state index contributed by atoms with van der Waals surface area (Å²) >= 11 is 0. The number of hydrogen-bond donors (Lipinski definition) is 1. The molecule has 2 aromatic carbocycles. The van der Waals surface area contributed by atoms with Gasteiger partial charge in [0.2, 0.25) is 5.88 Å². The maximum absolute atomic E-state index is 10.7. The van der Waals surface area contributed by atoms with Crippen LogP contribution in [-0.4, -0.2) is 45.6 Å². The van der Waals surface area contributed by atoms with Crippen LogP contribution >= 0.6 is 0 Å². The number of aromatic nitrogens is 2. The summed E-state index contributed by atoms with van der Waals surface area (Å²) in [5.74, 6) is 2.85. The molecule has 0 unspecified atom stereocenters. The van der Waals surface area contributed by atoms with Crippen molar-refractivity contribution in [2.75, 3.05) is 20.2 Å². The van der Waals surface area contributed by atoms with E-state index in [0.29, 0.717) is 30.6 Å². The van der Waals surface area contributed by atoms with Crippen molar-refractivity contribution in [3.8, 4) is 23.1 Å². The van der Waals surface area contributed by atoms with Crippen LogP contribution in [0, 0.1) is 12.8 Å². The van der Waals surface area contributed by atoms with Crippen molar-refractivity contribution in [1.29, 1.82) is 0 Å². The van der Waals surface area contributed by atoms with Crippen molar-refractivity contribution in [3.05, 3.63) is 78.5 Å². The van der Waals surface area contributed by atoms with E-state index in [2.05, 4.69) is 11.5 Å². The summed E-state index contributed by atoms with van der Waals surface area (Å²) in [5, 5.41) is 15.5. The number of hydrogen-bond acceptors (Lipinski definition) is 5. The molecule has 33 heavy (non-hydrogen) atoms. The Morgan fingerprint density at radius 1 is 1.15 bits per heavy atom. The van der Waals surface area contributed by atoms with Crippen molar-refractivity contribution in [2.45, 2.75) is 38.8 Å². The van der Waals surface area contributed by atoms with Crippen LogP contribution in [0.15, 0.2) is 67.3 Å². The van der Waals surface area contributed by atoms with Crippen LogP contribution in [0.4, 0.5) is 0 Å². The van der Waals surface area contributed by atoms with E-state index in [9.17, 15) is 5.11 Å². The Kier molecular flexibility index (Phi) is 6.86. The van der Waals surface area contributed by atoms with Crippen LogP contribution < -0.4 is 9.47 Å². The van der Waals surface area contributed by atoms with Crippen molar-refractivity contribution in [1.82, 2.24) is 14.7 Å². The highest BCUT2D eigenvalue weighted by molar-refractivity contribution is 5.44. The lowest BCUT2D eigenvalue weighted by molar-refractivity contribution is 0.0565. The average Bonchev–Trinajstić information content (AvgIpc) is 3.59. The summed E-state index contributed by atoms with van der Waals surface area (Å²) in [6.07, 6.45) is 4.09. The van der Waals surface area contributed by atoms with Gasteiger partial charge in [-0.1, -0.05) is 24.3 Å². The van der Waals surface area contributed by atoms with Crippen molar-refractivity contribution in [2.24, 2.45) is 5.92 Å². The molecule has 174 valence electrons.